The first-order valence-electron chi connectivity index (χ1n) is 9.33. The maximum absolute atomic E-state index is 12.9. The van der Waals surface area contributed by atoms with Gasteiger partial charge in [0.2, 0.25) is 0 Å². The summed E-state index contributed by atoms with van der Waals surface area (Å²) in [6, 6.07) is 24.1. The highest BCUT2D eigenvalue weighted by atomic mass is 16.2. The van der Waals surface area contributed by atoms with Crippen LogP contribution in [0.1, 0.15) is 28.5 Å². The molecule has 27 heavy (non-hydrogen) atoms. The van der Waals surface area contributed by atoms with E-state index in [9.17, 15) is 4.79 Å². The summed E-state index contributed by atoms with van der Waals surface area (Å²) in [4.78, 5) is 19.0. The first kappa shape index (κ1) is 18.6. The van der Waals surface area contributed by atoms with Crippen molar-refractivity contribution in [2.24, 2.45) is 0 Å². The van der Waals surface area contributed by atoms with Crippen LogP contribution >= 0.6 is 0 Å². The Morgan fingerprint density at radius 1 is 0.963 bits per heavy atom. The van der Waals surface area contributed by atoms with Crippen LogP contribution in [0.4, 0.5) is 5.69 Å². The van der Waals surface area contributed by atoms with Gasteiger partial charge < -0.3 is 10.2 Å². The number of hydrogen-bond acceptors (Lipinski definition) is 3. The van der Waals surface area contributed by atoms with Crippen LogP contribution in [0.2, 0.25) is 0 Å². The van der Waals surface area contributed by atoms with Gasteiger partial charge in [-0.05, 0) is 36.6 Å². The van der Waals surface area contributed by atoms with Gasteiger partial charge in [-0.15, -0.1) is 0 Å². The first-order chi connectivity index (χ1) is 13.3. The number of hydrogen-bond donors (Lipinski definition) is 1. The fourth-order valence-corrected chi connectivity index (χ4v) is 2.95. The van der Waals surface area contributed by atoms with Crippen molar-refractivity contribution in [3.8, 4) is 0 Å². The zero-order valence-corrected chi connectivity index (χ0v) is 15.6. The number of aromatic nitrogens is 1. The molecule has 4 nitrogen and oxygen atoms in total. The summed E-state index contributed by atoms with van der Waals surface area (Å²) in [7, 11) is 0. The van der Waals surface area contributed by atoms with Gasteiger partial charge in [-0.2, -0.15) is 0 Å². The first-order valence-corrected chi connectivity index (χ1v) is 9.33. The molecule has 138 valence electrons. The van der Waals surface area contributed by atoms with Crippen molar-refractivity contribution in [2.75, 3.05) is 18.4 Å². The lowest BCUT2D eigenvalue weighted by atomic mass is 10.1. The monoisotopic (exact) mass is 359 g/mol. The summed E-state index contributed by atoms with van der Waals surface area (Å²) < 4.78 is 0. The van der Waals surface area contributed by atoms with E-state index < -0.39 is 0 Å². The number of rotatable bonds is 8. The molecule has 0 saturated heterocycles. The minimum absolute atomic E-state index is 0.0481. The molecule has 0 fully saturated rings. The molecule has 0 radical (unpaired) electrons. The smallest absolute Gasteiger partial charge is 0.272 e. The Kier molecular flexibility index (Phi) is 6.58. The Hall–Kier alpha value is -3.14. The average Bonchev–Trinajstić information content (AvgIpc) is 2.73. The minimum atomic E-state index is -0.0481. The molecule has 0 bridgehead atoms. The van der Waals surface area contributed by atoms with Crippen molar-refractivity contribution in [3.05, 3.63) is 95.8 Å². The van der Waals surface area contributed by atoms with Crippen LogP contribution in [0.3, 0.4) is 0 Å². The van der Waals surface area contributed by atoms with E-state index in [1.54, 1.807) is 6.20 Å². The van der Waals surface area contributed by atoms with E-state index in [2.05, 4.69) is 22.4 Å². The van der Waals surface area contributed by atoms with E-state index in [1.165, 1.54) is 5.56 Å². The molecule has 3 rings (SSSR count). The van der Waals surface area contributed by atoms with Crippen molar-refractivity contribution >= 4 is 11.6 Å². The van der Waals surface area contributed by atoms with E-state index in [1.807, 2.05) is 72.5 Å². The molecule has 1 heterocycles. The van der Waals surface area contributed by atoms with Gasteiger partial charge in [0.15, 0.2) is 0 Å². The molecule has 1 aromatic heterocycles. The zero-order valence-electron chi connectivity index (χ0n) is 15.6. The van der Waals surface area contributed by atoms with Gasteiger partial charge in [0.1, 0.15) is 5.69 Å². The predicted octanol–water partition coefficient (Wildman–Crippen LogP) is 4.40. The van der Waals surface area contributed by atoms with Crippen LogP contribution in [-0.4, -0.2) is 28.9 Å². The highest BCUT2D eigenvalue weighted by Crippen LogP contribution is 2.13. The lowest BCUT2D eigenvalue weighted by Gasteiger charge is -2.21. The Bertz CT molecular complexity index is 850. The second kappa shape index (κ2) is 9.53. The fourth-order valence-electron chi connectivity index (χ4n) is 2.95. The molecule has 3 aromatic rings. The molecule has 2 aromatic carbocycles. The number of amides is 1. The summed E-state index contributed by atoms with van der Waals surface area (Å²) in [6.07, 6.45) is 2.62. The highest BCUT2D eigenvalue weighted by molar-refractivity contribution is 5.93. The van der Waals surface area contributed by atoms with Crippen LogP contribution < -0.4 is 5.32 Å². The van der Waals surface area contributed by atoms with Gasteiger partial charge in [0, 0.05) is 31.5 Å². The third-order valence-corrected chi connectivity index (χ3v) is 4.45. The minimum Gasteiger partial charge on any atom is -0.385 e. The number of pyridine rings is 1. The Morgan fingerprint density at radius 2 is 1.63 bits per heavy atom. The van der Waals surface area contributed by atoms with Crippen LogP contribution in [0.15, 0.2) is 79.0 Å². The van der Waals surface area contributed by atoms with Crippen molar-refractivity contribution in [2.45, 2.75) is 19.9 Å². The third kappa shape index (κ3) is 5.42. The number of carbonyl (C=O) groups is 1. The molecule has 0 spiro atoms. The molecular weight excluding hydrogens is 334 g/mol. The second-order valence-corrected chi connectivity index (χ2v) is 6.40. The molecular formula is C23H25N3O. The van der Waals surface area contributed by atoms with Crippen LogP contribution in [0.25, 0.3) is 0 Å². The summed E-state index contributed by atoms with van der Waals surface area (Å²) >= 11 is 0. The molecule has 1 N–H and O–H groups in total. The maximum Gasteiger partial charge on any atom is 0.272 e. The third-order valence-electron chi connectivity index (χ3n) is 4.45. The van der Waals surface area contributed by atoms with Crippen molar-refractivity contribution in [1.82, 2.24) is 9.88 Å². The summed E-state index contributed by atoms with van der Waals surface area (Å²) in [5.74, 6) is -0.0481. The Morgan fingerprint density at radius 3 is 2.30 bits per heavy atom. The van der Waals surface area contributed by atoms with Crippen molar-refractivity contribution in [1.29, 1.82) is 0 Å². The van der Waals surface area contributed by atoms with Crippen LogP contribution in [0.5, 0.6) is 0 Å². The quantitative estimate of drug-likeness (QED) is 0.648. The normalized spacial score (nSPS) is 10.4. The predicted molar refractivity (Wildman–Crippen MR) is 110 cm³/mol. The topological polar surface area (TPSA) is 45.2 Å². The molecule has 0 aliphatic heterocycles. The highest BCUT2D eigenvalue weighted by Gasteiger charge is 2.16. The Balaban J connectivity index is 1.62. The average molecular weight is 359 g/mol. The van der Waals surface area contributed by atoms with Crippen LogP contribution in [-0.2, 0) is 13.0 Å². The largest absolute Gasteiger partial charge is 0.385 e. The van der Waals surface area contributed by atoms with Gasteiger partial charge in [-0.1, -0.05) is 60.7 Å². The lowest BCUT2D eigenvalue weighted by Crippen LogP contribution is -2.31. The van der Waals surface area contributed by atoms with Crippen LogP contribution in [0, 0.1) is 0 Å². The number of anilines is 1. The Labute approximate surface area is 160 Å². The lowest BCUT2D eigenvalue weighted by molar-refractivity contribution is 0.0746. The van der Waals surface area contributed by atoms with E-state index in [0.717, 1.165) is 24.2 Å². The fraction of sp³-hybridized carbons (Fsp3) is 0.217. The van der Waals surface area contributed by atoms with Gasteiger partial charge in [0.25, 0.3) is 5.91 Å². The van der Waals surface area contributed by atoms with E-state index in [-0.39, 0.29) is 5.91 Å². The maximum atomic E-state index is 12.9. The van der Waals surface area contributed by atoms with E-state index >= 15 is 0 Å². The molecule has 0 saturated carbocycles. The zero-order chi connectivity index (χ0) is 18.9. The number of nitrogens with zero attached hydrogens (tertiary/aromatic N) is 2. The number of nitrogens with one attached hydrogen (secondary N) is 1. The summed E-state index contributed by atoms with van der Waals surface area (Å²) in [6.45, 7) is 4.02. The number of benzene rings is 2. The summed E-state index contributed by atoms with van der Waals surface area (Å²) in [5, 5.41) is 3.38. The van der Waals surface area contributed by atoms with Crippen molar-refractivity contribution < 1.29 is 4.79 Å². The molecule has 0 aliphatic rings. The molecule has 4 heteroatoms. The van der Waals surface area contributed by atoms with Gasteiger partial charge in [-0.3, -0.25) is 9.78 Å². The van der Waals surface area contributed by atoms with Crippen molar-refractivity contribution in [3.63, 3.8) is 0 Å². The SMILES string of the molecule is CCN(Cc1ccccc1)C(=O)c1cc(NCCc2ccccc2)ccn1. The van der Waals surface area contributed by atoms with E-state index in [4.69, 9.17) is 0 Å². The molecule has 0 aliphatic carbocycles. The summed E-state index contributed by atoms with van der Waals surface area (Å²) in [5.41, 5.74) is 3.79. The van der Waals surface area contributed by atoms with Gasteiger partial charge >= 0.3 is 0 Å². The molecule has 0 atom stereocenters. The second-order valence-electron chi connectivity index (χ2n) is 6.40. The molecule has 0 unspecified atom stereocenters. The standard InChI is InChI=1S/C23H25N3O/c1-2-26(18-20-11-7-4-8-12-20)23(27)22-17-21(14-16-25-22)24-15-13-19-9-5-3-6-10-19/h3-12,14,16-17H,2,13,15,18H2,1H3,(H,24,25). The van der Waals surface area contributed by atoms with Gasteiger partial charge in [-0.25, -0.2) is 0 Å². The molecule has 1 amide bonds. The van der Waals surface area contributed by atoms with E-state index in [0.29, 0.717) is 18.8 Å². The number of carbonyl (C=O) groups excluding carboxylic acids is 1. The van der Waals surface area contributed by atoms with Gasteiger partial charge in [0.05, 0.1) is 0 Å².